The van der Waals surface area contributed by atoms with Crippen molar-refractivity contribution in [2.75, 3.05) is 52.5 Å². The second-order valence-corrected chi connectivity index (χ2v) is 24.1. The molecular formula is C59H82N6O5. The first-order chi connectivity index (χ1) is 33.5. The number of amides is 3. The topological polar surface area (TPSA) is 157 Å². The van der Waals surface area contributed by atoms with E-state index in [9.17, 15) is 14.4 Å². The largest absolute Gasteiger partial charge is 0.377 e. The summed E-state index contributed by atoms with van der Waals surface area (Å²) in [6, 6.07) is 20.1. The molecule has 3 aromatic rings. The number of hydrogen-bond donors (Lipinski definition) is 3. The number of primary amides is 3. The van der Waals surface area contributed by atoms with Crippen molar-refractivity contribution in [1.29, 1.82) is 0 Å². The summed E-state index contributed by atoms with van der Waals surface area (Å²) in [6.45, 7) is 23.0. The third kappa shape index (κ3) is 9.18. The highest BCUT2D eigenvalue weighted by Crippen LogP contribution is 2.52. The van der Waals surface area contributed by atoms with E-state index in [0.717, 1.165) is 77.4 Å². The Kier molecular flexibility index (Phi) is 13.7. The second-order valence-electron chi connectivity index (χ2n) is 24.1. The summed E-state index contributed by atoms with van der Waals surface area (Å²) >= 11 is 0. The Labute approximate surface area is 417 Å². The minimum atomic E-state index is -0.327. The van der Waals surface area contributed by atoms with Crippen LogP contribution in [0.3, 0.4) is 0 Å². The van der Waals surface area contributed by atoms with Crippen molar-refractivity contribution in [3.8, 4) is 0 Å². The van der Waals surface area contributed by atoms with Gasteiger partial charge in [0.1, 0.15) is 0 Å². The van der Waals surface area contributed by atoms with E-state index >= 15 is 0 Å². The van der Waals surface area contributed by atoms with Gasteiger partial charge in [0, 0.05) is 67.7 Å². The number of carbonyl (C=O) groups excluding carboxylic acids is 3. The Hall–Kier alpha value is -4.13. The van der Waals surface area contributed by atoms with Gasteiger partial charge in [-0.3, -0.25) is 29.1 Å². The molecule has 0 radical (unpaired) electrons. The number of hydrogen-bond acceptors (Lipinski definition) is 8. The van der Waals surface area contributed by atoms with Crippen LogP contribution < -0.4 is 17.2 Å². The average Bonchev–Trinajstić information content (AvgIpc) is 3.72. The molecule has 12 rings (SSSR count). The van der Waals surface area contributed by atoms with Crippen molar-refractivity contribution >= 4 is 17.7 Å². The molecule has 4 aliphatic carbocycles. The molecule has 378 valence electrons. The molecule has 11 heteroatoms. The summed E-state index contributed by atoms with van der Waals surface area (Å²) in [7, 11) is 0. The van der Waals surface area contributed by atoms with Crippen LogP contribution in [-0.4, -0.2) is 115 Å². The third-order valence-electron chi connectivity index (χ3n) is 20.3. The van der Waals surface area contributed by atoms with E-state index in [4.69, 9.17) is 26.7 Å². The molecule has 5 heterocycles. The van der Waals surface area contributed by atoms with Crippen LogP contribution in [0.25, 0.3) is 0 Å². The second kappa shape index (κ2) is 19.4. The molecule has 6 bridgehead atoms. The lowest BCUT2D eigenvalue weighted by atomic mass is 9.59. The van der Waals surface area contributed by atoms with E-state index in [1.54, 1.807) is 0 Å². The number of nitrogens with zero attached hydrogens (tertiary/aromatic N) is 3. The molecule has 5 saturated heterocycles. The number of carbonyl (C=O) groups is 3. The summed E-state index contributed by atoms with van der Waals surface area (Å²) < 4.78 is 11.7. The molecule has 0 unspecified atom stereocenters. The fourth-order valence-corrected chi connectivity index (χ4v) is 15.0. The molecule has 3 amide bonds. The highest BCUT2D eigenvalue weighted by atomic mass is 16.5. The van der Waals surface area contributed by atoms with E-state index in [-0.39, 0.29) is 34.0 Å². The first-order valence-corrected chi connectivity index (χ1v) is 27.2. The van der Waals surface area contributed by atoms with Crippen LogP contribution in [0.5, 0.6) is 0 Å². The van der Waals surface area contributed by atoms with Crippen molar-refractivity contribution in [1.82, 2.24) is 14.7 Å². The smallest absolute Gasteiger partial charge is 0.248 e. The zero-order valence-corrected chi connectivity index (χ0v) is 43.1. The molecule has 3 aromatic carbocycles. The number of likely N-dealkylation sites (tertiary alicyclic amines) is 3. The van der Waals surface area contributed by atoms with Gasteiger partial charge in [-0.05, 0) is 206 Å². The van der Waals surface area contributed by atoms with Gasteiger partial charge in [0.15, 0.2) is 0 Å². The average molecular weight is 955 g/mol. The molecule has 6 fully saturated rings. The fraction of sp³-hybridized carbons (Fsp3) is 0.644. The number of ether oxygens (including phenoxy) is 2. The molecule has 11 atom stereocenters. The molecular weight excluding hydrogens is 873 g/mol. The molecule has 1 saturated carbocycles. The molecule has 6 N–H and O–H groups in total. The number of benzene rings is 3. The molecule has 9 aliphatic rings. The van der Waals surface area contributed by atoms with Gasteiger partial charge in [-0.1, -0.05) is 59.7 Å². The quantitative estimate of drug-likeness (QED) is 0.197. The zero-order chi connectivity index (χ0) is 49.3. The SMILES string of the molecule is C[C@H]1[C@H]2Cc3ccc(C(N)=O)cc3[C@@]1(C)CCN2CC1CC1.C[C@H]1[C@H]2Cc3ccc(C(N)=O)cc3[C@]1(C)CCN2C[C@@H]1CCCO1.C[C@H]1[C@H]2Cc3ccc(C(N)=O)cc3[C@]1(C)CCN2C[C@H]1CCCO1. The van der Waals surface area contributed by atoms with E-state index in [1.165, 1.54) is 91.4 Å². The van der Waals surface area contributed by atoms with Gasteiger partial charge < -0.3 is 26.7 Å². The predicted molar refractivity (Wildman–Crippen MR) is 276 cm³/mol. The van der Waals surface area contributed by atoms with Gasteiger partial charge in [0.2, 0.25) is 17.7 Å². The zero-order valence-electron chi connectivity index (χ0n) is 43.1. The number of nitrogens with two attached hydrogens (primary N) is 3. The lowest BCUT2D eigenvalue weighted by Gasteiger charge is -2.55. The van der Waals surface area contributed by atoms with Crippen LogP contribution >= 0.6 is 0 Å². The molecule has 70 heavy (non-hydrogen) atoms. The first-order valence-electron chi connectivity index (χ1n) is 27.2. The van der Waals surface area contributed by atoms with Gasteiger partial charge in [0.05, 0.1) is 12.2 Å². The van der Waals surface area contributed by atoms with E-state index in [2.05, 4.69) is 92.6 Å². The van der Waals surface area contributed by atoms with Gasteiger partial charge >= 0.3 is 0 Å². The maximum absolute atomic E-state index is 11.6. The minimum Gasteiger partial charge on any atom is -0.377 e. The third-order valence-corrected chi connectivity index (χ3v) is 20.3. The number of piperidine rings is 3. The van der Waals surface area contributed by atoms with Crippen molar-refractivity contribution in [3.05, 3.63) is 105 Å². The summed E-state index contributed by atoms with van der Waals surface area (Å²) in [4.78, 5) is 42.8. The van der Waals surface area contributed by atoms with Crippen molar-refractivity contribution < 1.29 is 23.9 Å². The summed E-state index contributed by atoms with van der Waals surface area (Å²) in [5, 5.41) is 0. The van der Waals surface area contributed by atoms with Gasteiger partial charge in [-0.25, -0.2) is 0 Å². The van der Waals surface area contributed by atoms with Crippen LogP contribution in [0.15, 0.2) is 54.6 Å². The highest BCUT2D eigenvalue weighted by Gasteiger charge is 2.52. The monoisotopic (exact) mass is 955 g/mol. The molecule has 5 aliphatic heterocycles. The Morgan fingerprint density at radius 3 is 1.13 bits per heavy atom. The maximum Gasteiger partial charge on any atom is 0.248 e. The van der Waals surface area contributed by atoms with Crippen LogP contribution in [0.1, 0.15) is 164 Å². The Balaban J connectivity index is 0.000000122. The van der Waals surface area contributed by atoms with Crippen LogP contribution in [0.4, 0.5) is 0 Å². The minimum absolute atomic E-state index is 0.136. The van der Waals surface area contributed by atoms with Gasteiger partial charge in [-0.2, -0.15) is 0 Å². The van der Waals surface area contributed by atoms with E-state index in [0.29, 0.717) is 64.8 Å². The summed E-state index contributed by atoms with van der Waals surface area (Å²) in [6.07, 6.45) is 15.2. The highest BCUT2D eigenvalue weighted by molar-refractivity contribution is 5.94. The fourth-order valence-electron chi connectivity index (χ4n) is 15.0. The van der Waals surface area contributed by atoms with Crippen LogP contribution in [-0.2, 0) is 45.0 Å². The lowest BCUT2D eigenvalue weighted by molar-refractivity contribution is -0.00667. The Morgan fingerprint density at radius 1 is 0.514 bits per heavy atom. The standard InChI is InChI=1S/2C20H28N2O2.C19H26N2O/c2*1-13-18-11-14-5-6-15(19(21)23)10-17(14)20(13,2)7-8-22(18)12-16-4-3-9-24-16;1-12-17-10-14-5-6-15(18(20)22)9-16(14)19(12,2)7-8-21(17)11-13-3-4-13/h2*5-6,10,13,16,18H,3-4,7-9,11-12H2,1-2H3,(H2,21,23);5-6,9,12-13,17H,3-4,7-8,10-11H2,1-2H3,(H2,20,22)/t13-,16+,18+,20+;13-,16-,18+,20+;12-,17+,19-/m000/s1. The predicted octanol–water partition coefficient (Wildman–Crippen LogP) is 7.70. The van der Waals surface area contributed by atoms with E-state index in [1.807, 2.05) is 18.2 Å². The Morgan fingerprint density at radius 2 is 0.843 bits per heavy atom. The maximum atomic E-state index is 11.6. The van der Waals surface area contributed by atoms with Crippen LogP contribution in [0.2, 0.25) is 0 Å². The van der Waals surface area contributed by atoms with E-state index < -0.39 is 0 Å². The molecule has 0 spiro atoms. The first kappa shape index (κ1) is 49.4. The van der Waals surface area contributed by atoms with Crippen molar-refractivity contribution in [2.45, 2.75) is 165 Å². The summed E-state index contributed by atoms with van der Waals surface area (Å²) in [5.41, 5.74) is 27.2. The van der Waals surface area contributed by atoms with Crippen molar-refractivity contribution in [2.24, 2.45) is 40.9 Å². The molecule has 11 nitrogen and oxygen atoms in total. The Bertz CT molecular complexity index is 2350. The summed E-state index contributed by atoms with van der Waals surface area (Å²) in [5.74, 6) is 1.77. The lowest BCUT2D eigenvalue weighted by Crippen LogP contribution is -2.59. The van der Waals surface area contributed by atoms with Gasteiger partial charge in [0.25, 0.3) is 0 Å². The normalized spacial score (nSPS) is 35.2. The van der Waals surface area contributed by atoms with Gasteiger partial charge in [-0.15, -0.1) is 0 Å². The molecule has 0 aromatic heterocycles. The van der Waals surface area contributed by atoms with Crippen LogP contribution in [0, 0.1) is 23.7 Å². The number of fused-ring (bicyclic) bond motifs is 12. The number of rotatable bonds is 9. The van der Waals surface area contributed by atoms with Crippen molar-refractivity contribution in [3.63, 3.8) is 0 Å².